The summed E-state index contributed by atoms with van der Waals surface area (Å²) in [6.07, 6.45) is 0. The fourth-order valence-electron chi connectivity index (χ4n) is 0.730. The molecule has 0 aliphatic heterocycles. The van der Waals surface area contributed by atoms with Gasteiger partial charge >= 0.3 is 5.69 Å². The molecule has 70 valence electrons. The van der Waals surface area contributed by atoms with E-state index in [0.717, 1.165) is 0 Å². The molecule has 0 atom stereocenters. The number of nitrogens with zero attached hydrogens (tertiary/aromatic N) is 1. The summed E-state index contributed by atoms with van der Waals surface area (Å²) < 4.78 is 25.6. The largest absolute Gasteiger partial charge is 0.395 e. The minimum Gasteiger partial charge on any atom is -0.395 e. The first kappa shape index (κ1) is 9.66. The van der Waals surface area contributed by atoms with Gasteiger partial charge in [0.25, 0.3) is 0 Å². The topological polar surface area (TPSA) is 69.2 Å². The normalized spacial score (nSPS) is 10.1. The first-order chi connectivity index (χ1) is 5.95. The fourth-order valence-corrected chi connectivity index (χ4v) is 0.917. The number of nitro groups is 1. The first-order valence-corrected chi connectivity index (χ1v) is 3.40. The van der Waals surface area contributed by atoms with Crippen molar-refractivity contribution in [2.45, 2.75) is 0 Å². The van der Waals surface area contributed by atoms with Crippen molar-refractivity contribution in [3.8, 4) is 0 Å². The van der Waals surface area contributed by atoms with Gasteiger partial charge in [-0.3, -0.25) is 10.1 Å². The number of anilines is 1. The van der Waals surface area contributed by atoms with Gasteiger partial charge in [0.05, 0.1) is 16.7 Å². The second-order valence-corrected chi connectivity index (χ2v) is 2.55. The highest BCUT2D eigenvalue weighted by atomic mass is 35.5. The number of hydrogen-bond acceptors (Lipinski definition) is 3. The van der Waals surface area contributed by atoms with Crippen molar-refractivity contribution >= 4 is 23.0 Å². The lowest BCUT2D eigenvalue weighted by atomic mass is 10.2. The number of nitro benzene ring substituents is 1. The zero-order valence-electron chi connectivity index (χ0n) is 6.05. The minimum absolute atomic E-state index is 0.385. The van der Waals surface area contributed by atoms with Crippen LogP contribution < -0.4 is 5.73 Å². The lowest BCUT2D eigenvalue weighted by Gasteiger charge is -2.01. The van der Waals surface area contributed by atoms with Crippen LogP contribution in [0.1, 0.15) is 0 Å². The van der Waals surface area contributed by atoms with Crippen LogP contribution in [0.15, 0.2) is 6.07 Å². The summed E-state index contributed by atoms with van der Waals surface area (Å²) in [4.78, 5) is 9.06. The molecule has 0 unspecified atom stereocenters. The Labute approximate surface area is 76.1 Å². The van der Waals surface area contributed by atoms with Gasteiger partial charge in [-0.25, -0.2) is 4.39 Å². The predicted octanol–water partition coefficient (Wildman–Crippen LogP) is 2.11. The van der Waals surface area contributed by atoms with Gasteiger partial charge in [0.2, 0.25) is 5.82 Å². The molecule has 0 saturated carbocycles. The third kappa shape index (κ3) is 1.52. The molecule has 4 nitrogen and oxygen atoms in total. The van der Waals surface area contributed by atoms with E-state index < -0.39 is 33.0 Å². The maximum Gasteiger partial charge on any atom is 0.309 e. The average Bonchev–Trinajstić information content (AvgIpc) is 2.07. The van der Waals surface area contributed by atoms with E-state index in [1.807, 2.05) is 0 Å². The Morgan fingerprint density at radius 1 is 1.54 bits per heavy atom. The summed E-state index contributed by atoms with van der Waals surface area (Å²) in [5.41, 5.74) is 3.32. The fraction of sp³-hybridized carbons (Fsp3) is 0. The summed E-state index contributed by atoms with van der Waals surface area (Å²) >= 11 is 5.19. The quantitative estimate of drug-likeness (QED) is 0.333. The van der Waals surface area contributed by atoms with E-state index in [9.17, 15) is 18.9 Å². The summed E-state index contributed by atoms with van der Waals surface area (Å²) in [7, 11) is 0. The molecular formula is C6H3ClF2N2O2. The summed E-state index contributed by atoms with van der Waals surface area (Å²) in [5, 5.41) is 9.37. The number of hydrogen-bond donors (Lipinski definition) is 1. The number of nitrogen functional groups attached to an aromatic ring is 1. The van der Waals surface area contributed by atoms with Gasteiger partial charge in [-0.1, -0.05) is 11.6 Å². The van der Waals surface area contributed by atoms with Crippen molar-refractivity contribution in [1.82, 2.24) is 0 Å². The Kier molecular flexibility index (Phi) is 2.33. The van der Waals surface area contributed by atoms with Crippen LogP contribution in [-0.2, 0) is 0 Å². The molecule has 0 bridgehead atoms. The van der Waals surface area contributed by atoms with Gasteiger partial charge < -0.3 is 5.73 Å². The molecule has 0 spiro atoms. The molecule has 1 aromatic rings. The Morgan fingerprint density at radius 3 is 2.54 bits per heavy atom. The standard InChI is InChI=1S/C6H3ClF2N2O2/c7-4-5(9)3(11(12)13)1-2(8)6(4)10/h1H,10H2. The van der Waals surface area contributed by atoms with Crippen LogP contribution in [0.5, 0.6) is 0 Å². The number of rotatable bonds is 1. The van der Waals surface area contributed by atoms with Crippen molar-refractivity contribution in [2.24, 2.45) is 0 Å². The first-order valence-electron chi connectivity index (χ1n) is 3.02. The molecule has 13 heavy (non-hydrogen) atoms. The van der Waals surface area contributed by atoms with Gasteiger partial charge in [0.15, 0.2) is 5.82 Å². The average molecular weight is 209 g/mol. The van der Waals surface area contributed by atoms with Gasteiger partial charge in [-0.2, -0.15) is 4.39 Å². The van der Waals surface area contributed by atoms with E-state index in [1.165, 1.54) is 0 Å². The van der Waals surface area contributed by atoms with Crippen LogP contribution in [0.4, 0.5) is 20.2 Å². The van der Waals surface area contributed by atoms with Crippen molar-refractivity contribution in [3.63, 3.8) is 0 Å². The van der Waals surface area contributed by atoms with Crippen LogP contribution in [0.3, 0.4) is 0 Å². The van der Waals surface area contributed by atoms with E-state index in [2.05, 4.69) is 0 Å². The second-order valence-electron chi connectivity index (χ2n) is 2.18. The van der Waals surface area contributed by atoms with E-state index >= 15 is 0 Å². The zero-order chi connectivity index (χ0) is 10.2. The maximum absolute atomic E-state index is 12.9. The van der Waals surface area contributed by atoms with E-state index in [0.29, 0.717) is 6.07 Å². The van der Waals surface area contributed by atoms with Crippen LogP contribution in [0, 0.1) is 21.7 Å². The second kappa shape index (κ2) is 3.14. The van der Waals surface area contributed by atoms with Gasteiger partial charge in [0.1, 0.15) is 5.02 Å². The molecule has 0 heterocycles. The molecule has 0 aliphatic rings. The minimum atomic E-state index is -1.33. The Bertz CT molecular complexity index is 383. The molecule has 7 heteroatoms. The summed E-state index contributed by atoms with van der Waals surface area (Å²) in [5.74, 6) is -2.44. The number of nitrogens with two attached hydrogens (primary N) is 1. The SMILES string of the molecule is Nc1c(F)cc([N+](=O)[O-])c(F)c1Cl. The molecule has 1 rings (SSSR count). The maximum atomic E-state index is 12.9. The molecule has 0 radical (unpaired) electrons. The van der Waals surface area contributed by atoms with Crippen LogP contribution in [0.25, 0.3) is 0 Å². The molecule has 2 N–H and O–H groups in total. The number of benzene rings is 1. The van der Waals surface area contributed by atoms with Crippen molar-refractivity contribution < 1.29 is 13.7 Å². The molecule has 0 amide bonds. The highest BCUT2D eigenvalue weighted by molar-refractivity contribution is 6.33. The third-order valence-corrected chi connectivity index (χ3v) is 1.74. The lowest BCUT2D eigenvalue weighted by Crippen LogP contribution is -1.99. The zero-order valence-corrected chi connectivity index (χ0v) is 6.81. The molecular weight excluding hydrogens is 206 g/mol. The number of halogens is 3. The molecule has 0 aromatic heterocycles. The monoisotopic (exact) mass is 208 g/mol. The van der Waals surface area contributed by atoms with Crippen LogP contribution in [0.2, 0.25) is 5.02 Å². The van der Waals surface area contributed by atoms with Crippen molar-refractivity contribution in [2.75, 3.05) is 5.73 Å². The molecule has 0 aliphatic carbocycles. The summed E-state index contributed by atoms with van der Waals surface area (Å²) in [6.45, 7) is 0. The highest BCUT2D eigenvalue weighted by Crippen LogP contribution is 2.31. The third-order valence-electron chi connectivity index (χ3n) is 1.37. The van der Waals surface area contributed by atoms with Crippen molar-refractivity contribution in [3.05, 3.63) is 32.8 Å². The highest BCUT2D eigenvalue weighted by Gasteiger charge is 2.22. The van der Waals surface area contributed by atoms with E-state index in [-0.39, 0.29) is 0 Å². The van der Waals surface area contributed by atoms with E-state index in [4.69, 9.17) is 17.3 Å². The Balaban J connectivity index is 3.50. The van der Waals surface area contributed by atoms with Crippen LogP contribution >= 0.6 is 11.6 Å². The lowest BCUT2D eigenvalue weighted by molar-refractivity contribution is -0.387. The smallest absolute Gasteiger partial charge is 0.309 e. The van der Waals surface area contributed by atoms with Gasteiger partial charge in [-0.05, 0) is 0 Å². The van der Waals surface area contributed by atoms with Crippen LogP contribution in [-0.4, -0.2) is 4.92 Å². The summed E-state index contributed by atoms with van der Waals surface area (Å²) in [6, 6.07) is 0.385. The Hall–Kier alpha value is -1.43. The Morgan fingerprint density at radius 2 is 2.08 bits per heavy atom. The predicted molar refractivity (Wildman–Crippen MR) is 42.4 cm³/mol. The van der Waals surface area contributed by atoms with E-state index in [1.54, 1.807) is 0 Å². The van der Waals surface area contributed by atoms with Gasteiger partial charge in [0, 0.05) is 0 Å². The molecule has 0 fully saturated rings. The molecule has 1 aromatic carbocycles. The van der Waals surface area contributed by atoms with Gasteiger partial charge in [-0.15, -0.1) is 0 Å². The molecule has 0 saturated heterocycles. The van der Waals surface area contributed by atoms with Crippen molar-refractivity contribution in [1.29, 1.82) is 0 Å².